The van der Waals surface area contributed by atoms with E-state index in [9.17, 15) is 40.8 Å². The van der Waals surface area contributed by atoms with Gasteiger partial charge in [-0.15, -0.1) is 13.2 Å². The third-order valence-corrected chi connectivity index (χ3v) is 7.64. The number of imidazole rings is 1. The number of carboxylic acids is 1. The van der Waals surface area contributed by atoms with Gasteiger partial charge in [0, 0.05) is 0 Å². The van der Waals surface area contributed by atoms with E-state index >= 15 is 0 Å². The quantitative estimate of drug-likeness (QED) is 0.171. The Morgan fingerprint density at radius 2 is 1.76 bits per heavy atom. The number of hydrogen-bond acceptors (Lipinski definition) is 8. The number of halogens is 6. The first-order chi connectivity index (χ1) is 18.8. The maximum atomic E-state index is 14.1. The van der Waals surface area contributed by atoms with Crippen LogP contribution in [0.15, 0.2) is 36.9 Å². The summed E-state index contributed by atoms with van der Waals surface area (Å²) in [6.07, 6.45) is -9.31. The molecule has 0 bridgehead atoms. The first-order valence-electron chi connectivity index (χ1n) is 11.6. The van der Waals surface area contributed by atoms with Gasteiger partial charge in [-0.05, 0) is 38.5 Å². The fourth-order valence-corrected chi connectivity index (χ4v) is 5.98. The summed E-state index contributed by atoms with van der Waals surface area (Å²) < 4.78 is 104. The molecule has 0 saturated carbocycles. The predicted molar refractivity (Wildman–Crippen MR) is 133 cm³/mol. The van der Waals surface area contributed by atoms with Crippen LogP contribution in [0.3, 0.4) is 0 Å². The van der Waals surface area contributed by atoms with Gasteiger partial charge in [0.2, 0.25) is 7.44 Å². The van der Waals surface area contributed by atoms with Crippen LogP contribution in [0.25, 0.3) is 11.2 Å². The summed E-state index contributed by atoms with van der Waals surface area (Å²) in [6, 6.07) is 0.0435. The van der Waals surface area contributed by atoms with E-state index in [0.717, 1.165) is 13.8 Å². The molecule has 5 N–H and O–H groups in total. The van der Waals surface area contributed by atoms with Gasteiger partial charge in [0.05, 0.1) is 19.0 Å². The number of nitrogens with two attached hydrogens (primary N) is 1. The van der Waals surface area contributed by atoms with Gasteiger partial charge in [0.1, 0.15) is 35.5 Å². The molecule has 3 aromatic rings. The number of ether oxygens (including phenoxy) is 2. The topological polar surface area (TPSA) is 167 Å². The van der Waals surface area contributed by atoms with Crippen molar-refractivity contribution in [2.24, 2.45) is 0 Å². The van der Waals surface area contributed by atoms with Crippen molar-refractivity contribution in [1.29, 1.82) is 0 Å². The smallest absolute Gasteiger partial charge is 0.480 e. The van der Waals surface area contributed by atoms with Crippen LogP contribution in [0, 0.1) is 0 Å². The number of nitrogen functional groups attached to an aromatic ring is 1. The van der Waals surface area contributed by atoms with Crippen LogP contribution in [0.1, 0.15) is 32.4 Å². The second kappa shape index (κ2) is 11.8. The van der Waals surface area contributed by atoms with Crippen LogP contribution in [0.5, 0.6) is 5.75 Å². The zero-order chi connectivity index (χ0) is 30.8. The van der Waals surface area contributed by atoms with E-state index in [-0.39, 0.29) is 12.4 Å². The lowest BCUT2D eigenvalue weighted by Crippen LogP contribution is -2.49. The molecule has 0 aliphatic rings. The largest absolute Gasteiger partial charge is 0.573 e. The zero-order valence-electron chi connectivity index (χ0n) is 21.7. The van der Waals surface area contributed by atoms with Gasteiger partial charge in [0.25, 0.3) is 0 Å². The number of carbonyl (C=O) groups is 1. The minimum absolute atomic E-state index is 0.0403. The van der Waals surface area contributed by atoms with Gasteiger partial charge in [-0.2, -0.15) is 13.2 Å². The molecule has 3 rings (SSSR count). The number of anilines is 1. The Hall–Kier alpha value is -3.47. The van der Waals surface area contributed by atoms with Crippen molar-refractivity contribution >= 4 is 30.4 Å². The van der Waals surface area contributed by atoms with Crippen molar-refractivity contribution in [3.05, 3.63) is 42.5 Å². The van der Waals surface area contributed by atoms with E-state index in [2.05, 4.69) is 24.8 Å². The molecule has 2 aromatic heterocycles. The molecule has 0 fully saturated rings. The Bertz CT molecular complexity index is 1410. The van der Waals surface area contributed by atoms with Crippen molar-refractivity contribution < 1.29 is 50.3 Å². The van der Waals surface area contributed by atoms with Gasteiger partial charge >= 0.3 is 18.5 Å². The van der Waals surface area contributed by atoms with Gasteiger partial charge < -0.3 is 24.9 Å². The van der Waals surface area contributed by atoms with E-state index in [1.54, 1.807) is 0 Å². The lowest BCUT2D eigenvalue weighted by molar-refractivity contribution is -0.274. The molecule has 19 heteroatoms. The molecule has 12 nitrogen and oxygen atoms in total. The standard InChI is InChI=1S/C22H26F6N7O5P/c1-12(8-35-10-32-15-17(29)30-9-31-18(15)35)39-11-41(38,34-20(2,3)19(36)37)33-16(21(23,24)25)13-4-6-14(7-5-13)40-22(26,27)28/h4-7,9-10,12,16H,8,11H2,1-3H3,(H,36,37)(H2,29,30,31)(H2,33,34,38). The normalized spacial score (nSPS) is 15.8. The Balaban J connectivity index is 1.86. The molecule has 3 atom stereocenters. The number of rotatable bonds is 12. The molecule has 1 aromatic carbocycles. The van der Waals surface area contributed by atoms with E-state index in [4.69, 9.17) is 10.5 Å². The number of nitrogens with one attached hydrogen (secondary N) is 2. The van der Waals surface area contributed by atoms with Crippen LogP contribution < -0.4 is 20.6 Å². The van der Waals surface area contributed by atoms with Crippen LogP contribution in [-0.4, -0.2) is 61.1 Å². The van der Waals surface area contributed by atoms with Crippen LogP contribution >= 0.6 is 7.44 Å². The molecular formula is C22H26F6N7O5P. The van der Waals surface area contributed by atoms with E-state index in [1.807, 2.05) is 5.09 Å². The highest BCUT2D eigenvalue weighted by molar-refractivity contribution is 7.59. The summed E-state index contributed by atoms with van der Waals surface area (Å²) in [6.45, 7) is 3.73. The maximum absolute atomic E-state index is 14.1. The van der Waals surface area contributed by atoms with Crippen molar-refractivity contribution in [3.8, 4) is 5.75 Å². The molecule has 0 radical (unpaired) electrons. The second-order valence-corrected chi connectivity index (χ2v) is 11.7. The Morgan fingerprint density at radius 3 is 2.32 bits per heavy atom. The van der Waals surface area contributed by atoms with Crippen molar-refractivity contribution in [1.82, 2.24) is 29.7 Å². The van der Waals surface area contributed by atoms with Gasteiger partial charge in [0.15, 0.2) is 11.5 Å². The SMILES string of the molecule is CC(Cn1cnc2c(N)ncnc21)OCP(=O)(NC(c1ccc(OC(F)(F)F)cc1)C(F)(F)F)NC(C)(C)C(=O)O. The number of fused-ring (bicyclic) bond motifs is 1. The van der Waals surface area contributed by atoms with Crippen molar-refractivity contribution in [2.45, 2.75) is 57.5 Å². The Labute approximate surface area is 228 Å². The number of nitrogens with zero attached hydrogens (tertiary/aromatic N) is 4. The van der Waals surface area contributed by atoms with Crippen LogP contribution in [-0.2, 0) is 20.6 Å². The lowest BCUT2D eigenvalue weighted by atomic mass is 10.1. The monoisotopic (exact) mass is 613 g/mol. The van der Waals surface area contributed by atoms with Crippen molar-refractivity contribution in [3.63, 3.8) is 0 Å². The molecule has 0 saturated heterocycles. The predicted octanol–water partition coefficient (Wildman–Crippen LogP) is 4.21. The first kappa shape index (κ1) is 32.0. The van der Waals surface area contributed by atoms with Crippen LogP contribution in [0.2, 0.25) is 0 Å². The Morgan fingerprint density at radius 1 is 1.12 bits per heavy atom. The summed E-state index contributed by atoms with van der Waals surface area (Å²) in [5.41, 5.74) is 3.80. The molecule has 0 amide bonds. The second-order valence-electron chi connectivity index (χ2n) is 9.44. The number of hydrogen-bond donors (Lipinski definition) is 4. The summed E-state index contributed by atoms with van der Waals surface area (Å²) in [7, 11) is -4.56. The van der Waals surface area contributed by atoms with Gasteiger partial charge in [-0.3, -0.25) is 9.36 Å². The molecule has 0 aliphatic carbocycles. The summed E-state index contributed by atoms with van der Waals surface area (Å²) >= 11 is 0. The minimum atomic E-state index is -5.11. The van der Waals surface area contributed by atoms with Gasteiger partial charge in [-0.25, -0.2) is 25.1 Å². The molecule has 226 valence electrons. The Kier molecular flexibility index (Phi) is 9.22. The maximum Gasteiger partial charge on any atom is 0.573 e. The minimum Gasteiger partial charge on any atom is -0.480 e. The molecule has 0 spiro atoms. The summed E-state index contributed by atoms with van der Waals surface area (Å²) in [4.78, 5) is 23.7. The highest BCUT2D eigenvalue weighted by Gasteiger charge is 2.47. The number of carboxylic acid groups (broad SMARTS) is 1. The molecular weight excluding hydrogens is 587 g/mol. The van der Waals surface area contributed by atoms with E-state index in [0.29, 0.717) is 35.4 Å². The number of benzene rings is 1. The number of alkyl halides is 6. The summed E-state index contributed by atoms with van der Waals surface area (Å²) in [5, 5.41) is 13.7. The average molecular weight is 613 g/mol. The fourth-order valence-electron chi connectivity index (χ4n) is 3.60. The highest BCUT2D eigenvalue weighted by atomic mass is 31.2. The number of aliphatic carboxylic acids is 1. The molecule has 41 heavy (non-hydrogen) atoms. The van der Waals surface area contributed by atoms with E-state index < -0.39 is 61.3 Å². The number of aromatic nitrogens is 4. The lowest BCUT2D eigenvalue weighted by Gasteiger charge is -2.33. The van der Waals surface area contributed by atoms with Gasteiger partial charge in [-0.1, -0.05) is 12.1 Å². The molecule has 2 heterocycles. The third kappa shape index (κ3) is 8.51. The van der Waals surface area contributed by atoms with Crippen molar-refractivity contribution in [2.75, 3.05) is 12.1 Å². The van der Waals surface area contributed by atoms with E-state index in [1.165, 1.54) is 24.1 Å². The first-order valence-corrected chi connectivity index (χ1v) is 13.5. The highest BCUT2D eigenvalue weighted by Crippen LogP contribution is 2.46. The fraction of sp³-hybridized carbons (Fsp3) is 0.455. The average Bonchev–Trinajstić information content (AvgIpc) is 3.24. The van der Waals surface area contributed by atoms with Crippen LogP contribution in [0.4, 0.5) is 32.2 Å². The zero-order valence-corrected chi connectivity index (χ0v) is 22.6. The summed E-state index contributed by atoms with van der Waals surface area (Å²) in [5.74, 6) is -2.18. The molecule has 3 unspecified atom stereocenters. The molecule has 0 aliphatic heterocycles. The third-order valence-electron chi connectivity index (χ3n) is 5.53.